The highest BCUT2D eigenvalue weighted by Crippen LogP contribution is 2.30. The SMILES string of the molecule is C[C@H]1CN(c2ccncc2NC(=O)c2csc(-c3ccccc3)n2)C[C@@H](N)[C@@H]1O. The number of hydrogen-bond acceptors (Lipinski definition) is 7. The molecule has 29 heavy (non-hydrogen) atoms. The van der Waals surface area contributed by atoms with Crippen LogP contribution in [0.25, 0.3) is 10.6 Å². The number of carbonyl (C=O) groups is 1. The lowest BCUT2D eigenvalue weighted by molar-refractivity contribution is 0.0785. The molecule has 0 spiro atoms. The van der Waals surface area contributed by atoms with Crippen LogP contribution in [-0.2, 0) is 0 Å². The number of benzene rings is 1. The fourth-order valence-corrected chi connectivity index (χ4v) is 4.35. The molecule has 0 bridgehead atoms. The van der Waals surface area contributed by atoms with Crippen molar-refractivity contribution >= 4 is 28.6 Å². The van der Waals surface area contributed by atoms with Gasteiger partial charge < -0.3 is 21.1 Å². The Balaban J connectivity index is 1.53. The van der Waals surface area contributed by atoms with Crippen molar-refractivity contribution in [3.8, 4) is 10.6 Å². The molecular weight excluding hydrogens is 386 g/mol. The summed E-state index contributed by atoms with van der Waals surface area (Å²) in [6, 6.07) is 11.3. The smallest absolute Gasteiger partial charge is 0.275 e. The predicted octanol–water partition coefficient (Wildman–Crippen LogP) is 2.60. The minimum absolute atomic E-state index is 0.0300. The van der Waals surface area contributed by atoms with Gasteiger partial charge in [0.15, 0.2) is 0 Å². The highest BCUT2D eigenvalue weighted by molar-refractivity contribution is 7.13. The molecule has 4 N–H and O–H groups in total. The molecule has 1 saturated heterocycles. The second kappa shape index (κ2) is 8.28. The van der Waals surface area contributed by atoms with Gasteiger partial charge in [0.25, 0.3) is 5.91 Å². The van der Waals surface area contributed by atoms with Crippen molar-refractivity contribution in [2.45, 2.75) is 19.1 Å². The number of nitrogens with zero attached hydrogens (tertiary/aromatic N) is 3. The van der Waals surface area contributed by atoms with Crippen LogP contribution in [0.4, 0.5) is 11.4 Å². The average molecular weight is 410 g/mol. The Morgan fingerprint density at radius 3 is 2.83 bits per heavy atom. The molecule has 1 aromatic carbocycles. The molecule has 8 heteroatoms. The first kappa shape index (κ1) is 19.5. The zero-order valence-corrected chi connectivity index (χ0v) is 16.8. The molecule has 1 aliphatic rings. The number of aliphatic hydroxyl groups is 1. The number of anilines is 2. The summed E-state index contributed by atoms with van der Waals surface area (Å²) in [5.74, 6) is -0.255. The molecule has 1 amide bonds. The molecule has 3 aromatic rings. The molecule has 150 valence electrons. The standard InChI is InChI=1S/C21H23N5O2S/c1-13-10-26(11-15(22)19(13)27)18-7-8-23-9-16(18)24-20(28)17-12-29-21(25-17)14-5-3-2-4-6-14/h2-9,12-13,15,19,27H,10-11,22H2,1H3,(H,24,28)/t13-,15+,19+/m0/s1. The van der Waals surface area contributed by atoms with E-state index in [0.717, 1.165) is 16.3 Å². The van der Waals surface area contributed by atoms with E-state index in [1.54, 1.807) is 17.8 Å². The van der Waals surface area contributed by atoms with Gasteiger partial charge in [0.05, 0.1) is 23.7 Å². The number of nitrogens with one attached hydrogen (secondary N) is 1. The van der Waals surface area contributed by atoms with Crippen molar-refractivity contribution in [3.63, 3.8) is 0 Å². The monoisotopic (exact) mass is 409 g/mol. The Kier molecular flexibility index (Phi) is 5.57. The Morgan fingerprint density at radius 1 is 1.28 bits per heavy atom. The van der Waals surface area contributed by atoms with Gasteiger partial charge in [-0.2, -0.15) is 0 Å². The number of aromatic nitrogens is 2. The zero-order valence-electron chi connectivity index (χ0n) is 16.0. The molecule has 3 heterocycles. The van der Waals surface area contributed by atoms with Crippen LogP contribution in [0.1, 0.15) is 17.4 Å². The van der Waals surface area contributed by atoms with Gasteiger partial charge in [0.1, 0.15) is 10.7 Å². The van der Waals surface area contributed by atoms with E-state index in [4.69, 9.17) is 5.73 Å². The lowest BCUT2D eigenvalue weighted by atomic mass is 9.92. The van der Waals surface area contributed by atoms with Crippen LogP contribution in [0.5, 0.6) is 0 Å². The van der Waals surface area contributed by atoms with Crippen LogP contribution < -0.4 is 16.0 Å². The highest BCUT2D eigenvalue weighted by Gasteiger charge is 2.32. The summed E-state index contributed by atoms with van der Waals surface area (Å²) in [7, 11) is 0. The Bertz CT molecular complexity index is 982. The summed E-state index contributed by atoms with van der Waals surface area (Å²) < 4.78 is 0. The molecule has 2 aromatic heterocycles. The van der Waals surface area contributed by atoms with E-state index in [1.165, 1.54) is 11.3 Å². The molecule has 0 radical (unpaired) electrons. The molecule has 0 aliphatic carbocycles. The van der Waals surface area contributed by atoms with Crippen molar-refractivity contribution < 1.29 is 9.90 Å². The van der Waals surface area contributed by atoms with Crippen molar-refractivity contribution in [2.75, 3.05) is 23.3 Å². The lowest BCUT2D eigenvalue weighted by Gasteiger charge is -2.40. The fraction of sp³-hybridized carbons (Fsp3) is 0.286. The molecule has 7 nitrogen and oxygen atoms in total. The molecule has 4 rings (SSSR count). The van der Waals surface area contributed by atoms with Crippen molar-refractivity contribution in [1.82, 2.24) is 9.97 Å². The first-order valence-corrected chi connectivity index (χ1v) is 10.4. The molecule has 0 unspecified atom stereocenters. The normalized spacial score (nSPS) is 21.8. The van der Waals surface area contributed by atoms with E-state index in [-0.39, 0.29) is 17.9 Å². The van der Waals surface area contributed by atoms with Crippen molar-refractivity contribution in [1.29, 1.82) is 0 Å². The topological polar surface area (TPSA) is 104 Å². The van der Waals surface area contributed by atoms with Crippen LogP contribution in [0, 0.1) is 5.92 Å². The van der Waals surface area contributed by atoms with Crippen LogP contribution >= 0.6 is 11.3 Å². The summed E-state index contributed by atoms with van der Waals surface area (Å²) >= 11 is 1.43. The summed E-state index contributed by atoms with van der Waals surface area (Å²) in [4.78, 5) is 23.5. The molecule has 1 aliphatic heterocycles. The minimum atomic E-state index is -0.530. The van der Waals surface area contributed by atoms with E-state index >= 15 is 0 Å². The number of nitrogens with two attached hydrogens (primary N) is 1. The number of hydrogen-bond donors (Lipinski definition) is 3. The summed E-state index contributed by atoms with van der Waals surface area (Å²) in [6.45, 7) is 3.13. The van der Waals surface area contributed by atoms with E-state index in [1.807, 2.05) is 43.3 Å². The largest absolute Gasteiger partial charge is 0.391 e. The number of thiazole rings is 1. The third-order valence-electron chi connectivity index (χ3n) is 5.11. The van der Waals surface area contributed by atoms with Gasteiger partial charge in [-0.25, -0.2) is 4.98 Å². The maximum atomic E-state index is 12.8. The van der Waals surface area contributed by atoms with Gasteiger partial charge in [-0.15, -0.1) is 11.3 Å². The van der Waals surface area contributed by atoms with Gasteiger partial charge in [-0.1, -0.05) is 37.3 Å². The van der Waals surface area contributed by atoms with Gasteiger partial charge in [-0.05, 0) is 6.07 Å². The number of aliphatic hydroxyl groups excluding tert-OH is 1. The van der Waals surface area contributed by atoms with E-state index in [9.17, 15) is 9.90 Å². The number of rotatable bonds is 4. The lowest BCUT2D eigenvalue weighted by Crippen LogP contribution is -2.55. The third-order valence-corrected chi connectivity index (χ3v) is 6.00. The van der Waals surface area contributed by atoms with E-state index in [2.05, 4.69) is 20.2 Å². The first-order valence-electron chi connectivity index (χ1n) is 9.48. The van der Waals surface area contributed by atoms with Crippen molar-refractivity contribution in [2.24, 2.45) is 11.7 Å². The molecule has 1 fully saturated rings. The Morgan fingerprint density at radius 2 is 2.07 bits per heavy atom. The second-order valence-electron chi connectivity index (χ2n) is 7.29. The summed E-state index contributed by atoms with van der Waals surface area (Å²) in [6.07, 6.45) is 2.78. The van der Waals surface area contributed by atoms with Crippen LogP contribution in [0.3, 0.4) is 0 Å². The van der Waals surface area contributed by atoms with Crippen LogP contribution in [0.15, 0.2) is 54.2 Å². The maximum absolute atomic E-state index is 12.8. The summed E-state index contributed by atoms with van der Waals surface area (Å²) in [5, 5.41) is 15.6. The van der Waals surface area contributed by atoms with Gasteiger partial charge >= 0.3 is 0 Å². The number of pyridine rings is 1. The third kappa shape index (κ3) is 4.14. The van der Waals surface area contributed by atoms with Gasteiger partial charge in [0, 0.05) is 42.2 Å². The maximum Gasteiger partial charge on any atom is 0.275 e. The summed E-state index contributed by atoms with van der Waals surface area (Å²) in [5.41, 5.74) is 8.87. The molecule has 3 atom stereocenters. The molecule has 0 saturated carbocycles. The van der Waals surface area contributed by atoms with Crippen LogP contribution in [-0.4, -0.2) is 46.2 Å². The van der Waals surface area contributed by atoms with E-state index in [0.29, 0.717) is 24.5 Å². The van der Waals surface area contributed by atoms with Crippen molar-refractivity contribution in [3.05, 3.63) is 59.9 Å². The van der Waals surface area contributed by atoms with Gasteiger partial charge in [-0.3, -0.25) is 9.78 Å². The second-order valence-corrected chi connectivity index (χ2v) is 8.15. The Labute approximate surface area is 173 Å². The number of piperidine rings is 1. The average Bonchev–Trinajstić information content (AvgIpc) is 3.23. The van der Waals surface area contributed by atoms with Gasteiger partial charge in [0.2, 0.25) is 0 Å². The zero-order chi connectivity index (χ0) is 20.4. The van der Waals surface area contributed by atoms with Crippen LogP contribution in [0.2, 0.25) is 0 Å². The number of amides is 1. The Hall–Kier alpha value is -2.81. The quantitative estimate of drug-likeness (QED) is 0.612. The van der Waals surface area contributed by atoms with E-state index < -0.39 is 6.10 Å². The highest BCUT2D eigenvalue weighted by atomic mass is 32.1. The predicted molar refractivity (Wildman–Crippen MR) is 115 cm³/mol. The number of carbonyl (C=O) groups excluding carboxylic acids is 1. The first-order chi connectivity index (χ1) is 14.0. The molecular formula is C21H23N5O2S. The minimum Gasteiger partial charge on any atom is -0.391 e. The fourth-order valence-electron chi connectivity index (χ4n) is 3.55.